The highest BCUT2D eigenvalue weighted by molar-refractivity contribution is 6.35. The first-order chi connectivity index (χ1) is 15.0. The number of benzene rings is 2. The smallest absolute Gasteiger partial charge is 0.278 e. The minimum Gasteiger partial charge on any atom is -0.493 e. The fourth-order valence-corrected chi connectivity index (χ4v) is 4.25. The van der Waals surface area contributed by atoms with Gasteiger partial charge in [-0.1, -0.05) is 43.3 Å². The number of rotatable bonds is 6. The first-order valence-electron chi connectivity index (χ1n) is 10.6. The molecule has 0 aromatic heterocycles. The Bertz CT molecular complexity index is 1010. The average Bonchev–Trinajstić information content (AvgIpc) is 3.04. The molecule has 0 atom stereocenters. The van der Waals surface area contributed by atoms with Crippen molar-refractivity contribution in [3.8, 4) is 11.5 Å². The minimum atomic E-state index is -0.269. The Morgan fingerprint density at radius 2 is 1.58 bits per heavy atom. The number of piperidine rings is 1. The molecule has 6 heteroatoms. The molecule has 0 radical (unpaired) electrons. The molecular formula is C25H28N2O4. The number of hydrogen-bond donors (Lipinski definition) is 0. The molecule has 2 amide bonds. The predicted molar refractivity (Wildman–Crippen MR) is 118 cm³/mol. The normalized spacial score (nSPS) is 17.5. The number of hydrogen-bond acceptors (Lipinski definition) is 5. The molecule has 4 rings (SSSR count). The first kappa shape index (κ1) is 21.0. The lowest BCUT2D eigenvalue weighted by molar-refractivity contribution is -0.138. The monoisotopic (exact) mass is 420 g/mol. The van der Waals surface area contributed by atoms with E-state index >= 15 is 0 Å². The quantitative estimate of drug-likeness (QED) is 0.667. The topological polar surface area (TPSA) is 59.1 Å². The number of ether oxygens (including phenoxy) is 2. The summed E-state index contributed by atoms with van der Waals surface area (Å²) in [4.78, 5) is 30.5. The third kappa shape index (κ3) is 4.02. The van der Waals surface area contributed by atoms with Gasteiger partial charge in [-0.2, -0.15) is 0 Å². The highest BCUT2D eigenvalue weighted by Crippen LogP contribution is 2.38. The SMILES string of the molecule is COc1ccc(C2=C(N3CCC(C)CC3)C(=O)N(Cc3ccccc3)C2=O)cc1OC. The first-order valence-corrected chi connectivity index (χ1v) is 10.6. The van der Waals surface area contributed by atoms with Gasteiger partial charge in [0.1, 0.15) is 5.70 Å². The van der Waals surface area contributed by atoms with Gasteiger partial charge in [0.25, 0.3) is 11.8 Å². The summed E-state index contributed by atoms with van der Waals surface area (Å²) in [6.45, 7) is 4.02. The Labute approximate surface area is 183 Å². The third-order valence-electron chi connectivity index (χ3n) is 6.10. The number of carbonyl (C=O) groups is 2. The van der Waals surface area contributed by atoms with Crippen molar-refractivity contribution in [1.29, 1.82) is 0 Å². The van der Waals surface area contributed by atoms with E-state index in [1.165, 1.54) is 4.90 Å². The molecule has 1 fully saturated rings. The fraction of sp³-hybridized carbons (Fsp3) is 0.360. The summed E-state index contributed by atoms with van der Waals surface area (Å²) in [5.74, 6) is 1.23. The molecule has 6 nitrogen and oxygen atoms in total. The van der Waals surface area contributed by atoms with Crippen molar-refractivity contribution in [3.05, 3.63) is 65.4 Å². The number of amides is 2. The summed E-state index contributed by atoms with van der Waals surface area (Å²) in [7, 11) is 3.13. The van der Waals surface area contributed by atoms with Crippen LogP contribution in [0.15, 0.2) is 54.2 Å². The van der Waals surface area contributed by atoms with Gasteiger partial charge < -0.3 is 14.4 Å². The number of methoxy groups -OCH3 is 2. The van der Waals surface area contributed by atoms with Gasteiger partial charge in [0.2, 0.25) is 0 Å². The maximum atomic E-state index is 13.5. The average molecular weight is 421 g/mol. The molecule has 2 aliphatic rings. The summed E-state index contributed by atoms with van der Waals surface area (Å²) in [6, 6.07) is 15.0. The van der Waals surface area contributed by atoms with E-state index < -0.39 is 0 Å². The van der Waals surface area contributed by atoms with Crippen LogP contribution in [-0.2, 0) is 16.1 Å². The third-order valence-corrected chi connectivity index (χ3v) is 6.10. The lowest BCUT2D eigenvalue weighted by atomic mass is 9.97. The zero-order chi connectivity index (χ0) is 22.0. The van der Waals surface area contributed by atoms with Crippen LogP contribution >= 0.6 is 0 Å². The van der Waals surface area contributed by atoms with Crippen molar-refractivity contribution in [2.24, 2.45) is 5.92 Å². The molecule has 2 heterocycles. The van der Waals surface area contributed by atoms with E-state index in [1.807, 2.05) is 36.4 Å². The maximum Gasteiger partial charge on any atom is 0.278 e. The zero-order valence-corrected chi connectivity index (χ0v) is 18.3. The van der Waals surface area contributed by atoms with E-state index in [4.69, 9.17) is 9.47 Å². The molecule has 0 unspecified atom stereocenters. The molecule has 0 spiro atoms. The van der Waals surface area contributed by atoms with Crippen LogP contribution in [0.3, 0.4) is 0 Å². The Morgan fingerprint density at radius 1 is 0.903 bits per heavy atom. The van der Waals surface area contributed by atoms with Crippen molar-refractivity contribution in [1.82, 2.24) is 9.80 Å². The number of carbonyl (C=O) groups excluding carboxylic acids is 2. The van der Waals surface area contributed by atoms with Crippen molar-refractivity contribution in [2.45, 2.75) is 26.3 Å². The van der Waals surface area contributed by atoms with E-state index in [1.54, 1.807) is 26.4 Å². The van der Waals surface area contributed by atoms with Gasteiger partial charge in [-0.15, -0.1) is 0 Å². The summed E-state index contributed by atoms with van der Waals surface area (Å²) >= 11 is 0. The summed E-state index contributed by atoms with van der Waals surface area (Å²) < 4.78 is 10.8. The molecule has 162 valence electrons. The second kappa shape index (κ2) is 8.84. The number of likely N-dealkylation sites (tertiary alicyclic amines) is 1. The number of nitrogens with zero attached hydrogens (tertiary/aromatic N) is 2. The molecule has 0 saturated carbocycles. The van der Waals surface area contributed by atoms with Crippen molar-refractivity contribution in [3.63, 3.8) is 0 Å². The van der Waals surface area contributed by atoms with Gasteiger partial charge in [0.05, 0.1) is 26.3 Å². The lowest BCUT2D eigenvalue weighted by Crippen LogP contribution is -2.38. The van der Waals surface area contributed by atoms with Crippen molar-refractivity contribution < 1.29 is 19.1 Å². The second-order valence-corrected chi connectivity index (χ2v) is 8.14. The molecule has 1 saturated heterocycles. The molecule has 31 heavy (non-hydrogen) atoms. The Hall–Kier alpha value is -3.28. The van der Waals surface area contributed by atoms with Gasteiger partial charge in [0, 0.05) is 13.1 Å². The molecule has 2 aromatic rings. The van der Waals surface area contributed by atoms with E-state index in [9.17, 15) is 9.59 Å². The minimum absolute atomic E-state index is 0.229. The molecular weight excluding hydrogens is 392 g/mol. The van der Waals surface area contributed by atoms with Crippen LogP contribution in [-0.4, -0.2) is 48.9 Å². The largest absolute Gasteiger partial charge is 0.493 e. The summed E-state index contributed by atoms with van der Waals surface area (Å²) in [5, 5.41) is 0. The zero-order valence-electron chi connectivity index (χ0n) is 18.3. The van der Waals surface area contributed by atoms with Crippen LogP contribution in [0.25, 0.3) is 5.57 Å². The van der Waals surface area contributed by atoms with Crippen LogP contribution in [0, 0.1) is 5.92 Å². The molecule has 0 aliphatic carbocycles. The van der Waals surface area contributed by atoms with E-state index in [2.05, 4.69) is 11.8 Å². The van der Waals surface area contributed by atoms with Crippen molar-refractivity contribution >= 4 is 17.4 Å². The molecule has 2 aromatic carbocycles. The van der Waals surface area contributed by atoms with Gasteiger partial charge in [-0.25, -0.2) is 0 Å². The van der Waals surface area contributed by atoms with E-state index in [0.29, 0.717) is 34.3 Å². The molecule has 0 bridgehead atoms. The second-order valence-electron chi connectivity index (χ2n) is 8.14. The van der Waals surface area contributed by atoms with Crippen LogP contribution in [0.1, 0.15) is 30.9 Å². The van der Waals surface area contributed by atoms with E-state index in [-0.39, 0.29) is 18.4 Å². The van der Waals surface area contributed by atoms with Crippen molar-refractivity contribution in [2.75, 3.05) is 27.3 Å². The highest BCUT2D eigenvalue weighted by Gasteiger charge is 2.42. The van der Waals surface area contributed by atoms with Gasteiger partial charge in [0.15, 0.2) is 11.5 Å². The predicted octanol–water partition coefficient (Wildman–Crippen LogP) is 3.72. The Kier molecular flexibility index (Phi) is 5.98. The highest BCUT2D eigenvalue weighted by atomic mass is 16.5. The summed E-state index contributed by atoms with van der Waals surface area (Å²) in [6.07, 6.45) is 2.01. The maximum absolute atomic E-state index is 13.5. The fourth-order valence-electron chi connectivity index (χ4n) is 4.25. The van der Waals surface area contributed by atoms with Gasteiger partial charge >= 0.3 is 0 Å². The van der Waals surface area contributed by atoms with Gasteiger partial charge in [-0.3, -0.25) is 14.5 Å². The van der Waals surface area contributed by atoms with Crippen LogP contribution in [0.2, 0.25) is 0 Å². The van der Waals surface area contributed by atoms with E-state index in [0.717, 1.165) is 31.5 Å². The van der Waals surface area contributed by atoms with Crippen LogP contribution in [0.4, 0.5) is 0 Å². The summed E-state index contributed by atoms with van der Waals surface area (Å²) in [5.41, 5.74) is 2.53. The van der Waals surface area contributed by atoms with Crippen LogP contribution < -0.4 is 9.47 Å². The van der Waals surface area contributed by atoms with Gasteiger partial charge in [-0.05, 0) is 42.0 Å². The Morgan fingerprint density at radius 3 is 2.23 bits per heavy atom. The lowest BCUT2D eigenvalue weighted by Gasteiger charge is -2.32. The van der Waals surface area contributed by atoms with Crippen LogP contribution in [0.5, 0.6) is 11.5 Å². The standard InChI is InChI=1S/C25H28N2O4/c1-17-11-13-26(14-12-17)23-22(19-9-10-20(30-2)21(15-19)31-3)24(28)27(25(23)29)16-18-7-5-4-6-8-18/h4-10,15,17H,11-14,16H2,1-3H3. The molecule has 2 aliphatic heterocycles. The molecule has 0 N–H and O–H groups in total. The number of imide groups is 1. The Balaban J connectivity index is 1.76.